The second kappa shape index (κ2) is 5.16. The molecule has 5 heteroatoms. The average molecular weight is 256 g/mol. The molecule has 0 atom stereocenters. The van der Waals surface area contributed by atoms with Gasteiger partial charge < -0.3 is 15.7 Å². The number of carbonyl (C=O) groups is 2. The molecule has 5 nitrogen and oxygen atoms in total. The van der Waals surface area contributed by atoms with Gasteiger partial charge in [-0.25, -0.2) is 4.79 Å². The second-order valence-electron chi connectivity index (χ2n) is 6.19. The summed E-state index contributed by atoms with van der Waals surface area (Å²) in [7, 11) is 0. The van der Waals surface area contributed by atoms with Crippen LogP contribution in [0.3, 0.4) is 0 Å². The molecule has 1 fully saturated rings. The Morgan fingerprint density at radius 1 is 1.22 bits per heavy atom. The average Bonchev–Trinajstić information content (AvgIpc) is 2.13. The van der Waals surface area contributed by atoms with Crippen LogP contribution < -0.4 is 10.6 Å². The van der Waals surface area contributed by atoms with Crippen molar-refractivity contribution in [1.82, 2.24) is 10.6 Å². The lowest BCUT2D eigenvalue weighted by atomic mass is 9.74. The molecule has 0 aromatic heterocycles. The Labute approximate surface area is 108 Å². The summed E-state index contributed by atoms with van der Waals surface area (Å²) in [5.74, 6) is -0.335. The maximum Gasteiger partial charge on any atom is 0.315 e. The fourth-order valence-electron chi connectivity index (χ4n) is 1.69. The first-order valence-electron chi connectivity index (χ1n) is 6.46. The third kappa shape index (κ3) is 3.15. The number of hydrogen-bond acceptors (Lipinski definition) is 2. The number of urea groups is 1. The Morgan fingerprint density at radius 2 is 1.78 bits per heavy atom. The molecule has 104 valence electrons. The van der Waals surface area contributed by atoms with Crippen LogP contribution >= 0.6 is 0 Å². The summed E-state index contributed by atoms with van der Waals surface area (Å²) in [6, 6.07) is -0.291. The van der Waals surface area contributed by atoms with E-state index in [1.807, 2.05) is 0 Å². The minimum atomic E-state index is -1.03. The van der Waals surface area contributed by atoms with Crippen molar-refractivity contribution >= 4 is 12.0 Å². The van der Waals surface area contributed by atoms with Crippen molar-refractivity contribution in [3.8, 4) is 0 Å². The minimum absolute atomic E-state index is 0.291. The largest absolute Gasteiger partial charge is 0.481 e. The molecule has 1 aliphatic carbocycles. The van der Waals surface area contributed by atoms with Gasteiger partial charge in [0.15, 0.2) is 0 Å². The highest BCUT2D eigenvalue weighted by Crippen LogP contribution is 2.30. The molecular weight excluding hydrogens is 232 g/mol. The summed E-state index contributed by atoms with van der Waals surface area (Å²) in [6.45, 7) is 7.35. The maximum atomic E-state index is 11.8. The number of carbonyl (C=O) groups excluding carboxylic acids is 1. The van der Waals surface area contributed by atoms with Gasteiger partial charge in [0.2, 0.25) is 0 Å². The first-order chi connectivity index (χ1) is 8.17. The lowest BCUT2D eigenvalue weighted by Crippen LogP contribution is -2.59. The van der Waals surface area contributed by atoms with Crippen LogP contribution in [-0.2, 0) is 4.79 Å². The zero-order chi connectivity index (χ0) is 14.0. The summed E-state index contributed by atoms with van der Waals surface area (Å²) in [5.41, 5.74) is -1.84. The van der Waals surface area contributed by atoms with E-state index in [2.05, 4.69) is 10.6 Å². The molecule has 0 spiro atoms. The van der Waals surface area contributed by atoms with Crippen LogP contribution in [0.1, 0.15) is 47.0 Å². The first-order valence-corrected chi connectivity index (χ1v) is 6.46. The number of amides is 2. The maximum absolute atomic E-state index is 11.8. The van der Waals surface area contributed by atoms with Gasteiger partial charge >= 0.3 is 12.0 Å². The predicted octanol–water partition coefficient (Wildman–Crippen LogP) is 1.98. The highest BCUT2D eigenvalue weighted by molar-refractivity contribution is 5.79. The zero-order valence-electron chi connectivity index (χ0n) is 11.7. The Balaban J connectivity index is 2.47. The molecule has 1 saturated carbocycles. The van der Waals surface area contributed by atoms with E-state index in [9.17, 15) is 14.7 Å². The van der Waals surface area contributed by atoms with Gasteiger partial charge in [-0.1, -0.05) is 6.42 Å². The fourth-order valence-corrected chi connectivity index (χ4v) is 1.69. The molecule has 0 heterocycles. The molecule has 0 aliphatic heterocycles. The number of carboxylic acid groups (broad SMARTS) is 1. The third-order valence-corrected chi connectivity index (χ3v) is 4.30. The molecule has 0 aromatic rings. The summed E-state index contributed by atoms with van der Waals surface area (Å²) >= 11 is 0. The second-order valence-corrected chi connectivity index (χ2v) is 6.19. The van der Waals surface area contributed by atoms with Crippen LogP contribution in [0.2, 0.25) is 0 Å². The summed E-state index contributed by atoms with van der Waals surface area (Å²) in [5, 5.41) is 14.7. The van der Waals surface area contributed by atoms with Crippen molar-refractivity contribution in [2.24, 2.45) is 11.3 Å². The minimum Gasteiger partial charge on any atom is -0.481 e. The fraction of sp³-hybridized carbons (Fsp3) is 0.846. The quantitative estimate of drug-likeness (QED) is 0.703. The molecule has 0 bridgehead atoms. The molecule has 18 heavy (non-hydrogen) atoms. The number of rotatable bonds is 5. The van der Waals surface area contributed by atoms with Crippen molar-refractivity contribution in [3.63, 3.8) is 0 Å². The molecule has 0 radical (unpaired) electrons. The van der Waals surface area contributed by atoms with Gasteiger partial charge in [0, 0.05) is 6.54 Å². The SMILES string of the molecule is CC(C)(NC(=O)NCC1CCC1)C(C)(C)C(=O)O. The van der Waals surface area contributed by atoms with Crippen LogP contribution in [0, 0.1) is 11.3 Å². The zero-order valence-corrected chi connectivity index (χ0v) is 11.7. The van der Waals surface area contributed by atoms with Gasteiger partial charge in [-0.05, 0) is 46.5 Å². The van der Waals surface area contributed by atoms with Crippen molar-refractivity contribution in [1.29, 1.82) is 0 Å². The van der Waals surface area contributed by atoms with E-state index in [1.165, 1.54) is 19.3 Å². The van der Waals surface area contributed by atoms with Crippen molar-refractivity contribution in [2.45, 2.75) is 52.5 Å². The van der Waals surface area contributed by atoms with Crippen LogP contribution in [0.25, 0.3) is 0 Å². The molecule has 0 unspecified atom stereocenters. The number of aliphatic carboxylic acids is 1. The molecule has 2 amide bonds. The number of carboxylic acids is 1. The summed E-state index contributed by atoms with van der Waals surface area (Å²) in [6.07, 6.45) is 3.58. The Bertz CT molecular complexity index is 333. The molecule has 1 aliphatic rings. The topological polar surface area (TPSA) is 78.4 Å². The van der Waals surface area contributed by atoms with E-state index >= 15 is 0 Å². The van der Waals surface area contributed by atoms with Crippen molar-refractivity contribution in [2.75, 3.05) is 6.54 Å². The van der Waals surface area contributed by atoms with Gasteiger partial charge in [0.25, 0.3) is 0 Å². The highest BCUT2D eigenvalue weighted by atomic mass is 16.4. The van der Waals surface area contributed by atoms with Crippen LogP contribution in [0.4, 0.5) is 4.79 Å². The highest BCUT2D eigenvalue weighted by Gasteiger charge is 2.44. The van der Waals surface area contributed by atoms with E-state index in [0.29, 0.717) is 12.5 Å². The Hall–Kier alpha value is -1.26. The van der Waals surface area contributed by atoms with Crippen molar-refractivity contribution < 1.29 is 14.7 Å². The van der Waals surface area contributed by atoms with Crippen LogP contribution in [0.5, 0.6) is 0 Å². The first kappa shape index (κ1) is 14.8. The number of nitrogens with one attached hydrogen (secondary N) is 2. The van der Waals surface area contributed by atoms with E-state index < -0.39 is 16.9 Å². The lowest BCUT2D eigenvalue weighted by Gasteiger charge is -2.39. The molecule has 0 saturated heterocycles. The predicted molar refractivity (Wildman–Crippen MR) is 69.4 cm³/mol. The smallest absolute Gasteiger partial charge is 0.315 e. The summed E-state index contributed by atoms with van der Waals surface area (Å²) in [4.78, 5) is 23.0. The van der Waals surface area contributed by atoms with E-state index in [0.717, 1.165) is 0 Å². The third-order valence-electron chi connectivity index (χ3n) is 4.30. The van der Waals surface area contributed by atoms with E-state index in [1.54, 1.807) is 27.7 Å². The monoisotopic (exact) mass is 256 g/mol. The Kier molecular flexibility index (Phi) is 4.24. The van der Waals surface area contributed by atoms with Gasteiger partial charge in [-0.3, -0.25) is 4.79 Å². The molecule has 0 aromatic carbocycles. The lowest BCUT2D eigenvalue weighted by molar-refractivity contribution is -0.150. The van der Waals surface area contributed by atoms with Gasteiger partial charge in [-0.2, -0.15) is 0 Å². The standard InChI is InChI=1S/C13H24N2O3/c1-12(2,10(16)17)13(3,4)15-11(18)14-8-9-6-5-7-9/h9H,5-8H2,1-4H3,(H,16,17)(H2,14,15,18). The van der Waals surface area contributed by atoms with Crippen LogP contribution in [-0.4, -0.2) is 29.2 Å². The van der Waals surface area contributed by atoms with E-state index in [-0.39, 0.29) is 6.03 Å². The molecule has 3 N–H and O–H groups in total. The van der Waals surface area contributed by atoms with E-state index in [4.69, 9.17) is 0 Å². The normalized spacial score (nSPS) is 16.9. The van der Waals surface area contributed by atoms with Gasteiger partial charge in [-0.15, -0.1) is 0 Å². The molecule has 1 rings (SSSR count). The summed E-state index contributed by atoms with van der Waals surface area (Å²) < 4.78 is 0. The van der Waals surface area contributed by atoms with Gasteiger partial charge in [0.1, 0.15) is 0 Å². The number of hydrogen-bond donors (Lipinski definition) is 3. The molecular formula is C13H24N2O3. The van der Waals surface area contributed by atoms with Gasteiger partial charge in [0.05, 0.1) is 11.0 Å². The Morgan fingerprint density at radius 3 is 2.17 bits per heavy atom. The van der Waals surface area contributed by atoms with Crippen molar-refractivity contribution in [3.05, 3.63) is 0 Å². The van der Waals surface area contributed by atoms with Crippen LogP contribution in [0.15, 0.2) is 0 Å².